The molecular formula is C21H31N3O2. The Balaban J connectivity index is 1.46. The van der Waals surface area contributed by atoms with Crippen molar-refractivity contribution in [2.75, 3.05) is 5.32 Å². The van der Waals surface area contributed by atoms with Crippen molar-refractivity contribution in [3.05, 3.63) is 29.8 Å². The van der Waals surface area contributed by atoms with Crippen LogP contribution in [0.15, 0.2) is 24.3 Å². The first-order chi connectivity index (χ1) is 12.4. The third-order valence-electron chi connectivity index (χ3n) is 5.97. The van der Waals surface area contributed by atoms with Gasteiger partial charge < -0.3 is 16.0 Å². The van der Waals surface area contributed by atoms with E-state index in [9.17, 15) is 9.59 Å². The summed E-state index contributed by atoms with van der Waals surface area (Å²) >= 11 is 0. The highest BCUT2D eigenvalue weighted by atomic mass is 16.2. The fourth-order valence-corrected chi connectivity index (χ4v) is 4.50. The largest absolute Gasteiger partial charge is 0.335 e. The van der Waals surface area contributed by atoms with Gasteiger partial charge in [-0.25, -0.2) is 4.79 Å². The van der Waals surface area contributed by atoms with Gasteiger partial charge in [0.2, 0.25) is 5.91 Å². The van der Waals surface area contributed by atoms with Gasteiger partial charge in [0.15, 0.2) is 0 Å². The van der Waals surface area contributed by atoms with Crippen molar-refractivity contribution >= 4 is 17.6 Å². The van der Waals surface area contributed by atoms with Gasteiger partial charge in [0.1, 0.15) is 0 Å². The smallest absolute Gasteiger partial charge is 0.315 e. The molecule has 2 saturated carbocycles. The van der Waals surface area contributed by atoms with Crippen LogP contribution in [0.5, 0.6) is 0 Å². The Morgan fingerprint density at radius 1 is 1.15 bits per heavy atom. The first-order valence-corrected chi connectivity index (χ1v) is 9.86. The Hall–Kier alpha value is -2.04. The van der Waals surface area contributed by atoms with Gasteiger partial charge in [-0.3, -0.25) is 4.79 Å². The van der Waals surface area contributed by atoms with E-state index in [1.165, 1.54) is 25.7 Å². The van der Waals surface area contributed by atoms with Crippen LogP contribution in [0.2, 0.25) is 0 Å². The maximum atomic E-state index is 12.2. The van der Waals surface area contributed by atoms with Gasteiger partial charge in [-0.1, -0.05) is 32.4 Å². The number of amides is 3. The molecule has 3 rings (SSSR count). The van der Waals surface area contributed by atoms with Gasteiger partial charge in [-0.05, 0) is 61.6 Å². The second kappa shape index (κ2) is 8.11. The number of carbonyl (C=O) groups is 2. The lowest BCUT2D eigenvalue weighted by Crippen LogP contribution is -2.45. The molecule has 0 saturated heterocycles. The number of anilines is 1. The Kier molecular flexibility index (Phi) is 5.84. The minimum atomic E-state index is -0.114. The number of urea groups is 1. The SMILES string of the molecule is CC(C)C(=O)Nc1cccc(CNC(=O)N[C@H](C)[C@H]2C[C@H]3CC[C@H]2C3)c1. The molecule has 142 valence electrons. The zero-order valence-corrected chi connectivity index (χ0v) is 16.0. The van der Waals surface area contributed by atoms with Crippen LogP contribution >= 0.6 is 0 Å². The minimum absolute atomic E-state index is 0.00691. The molecular weight excluding hydrogens is 326 g/mol. The molecule has 0 aliphatic heterocycles. The van der Waals surface area contributed by atoms with Crippen molar-refractivity contribution < 1.29 is 9.59 Å². The van der Waals surface area contributed by atoms with Gasteiger partial charge in [-0.15, -0.1) is 0 Å². The van der Waals surface area contributed by atoms with E-state index in [0.29, 0.717) is 12.5 Å². The Morgan fingerprint density at radius 3 is 2.62 bits per heavy atom. The highest BCUT2D eigenvalue weighted by Gasteiger charge is 2.42. The molecule has 0 heterocycles. The molecule has 26 heavy (non-hydrogen) atoms. The first-order valence-electron chi connectivity index (χ1n) is 9.86. The molecule has 3 N–H and O–H groups in total. The molecule has 0 spiro atoms. The fourth-order valence-electron chi connectivity index (χ4n) is 4.50. The normalized spacial score (nSPS) is 25.2. The molecule has 1 aromatic rings. The number of rotatable bonds is 6. The number of fused-ring (bicyclic) bond motifs is 2. The van der Waals surface area contributed by atoms with E-state index in [1.54, 1.807) is 0 Å². The third-order valence-corrected chi connectivity index (χ3v) is 5.97. The zero-order valence-electron chi connectivity index (χ0n) is 16.0. The lowest BCUT2D eigenvalue weighted by Gasteiger charge is -2.28. The third kappa shape index (κ3) is 4.57. The molecule has 0 aromatic heterocycles. The second-order valence-corrected chi connectivity index (χ2v) is 8.30. The topological polar surface area (TPSA) is 70.2 Å². The van der Waals surface area contributed by atoms with Crippen LogP contribution < -0.4 is 16.0 Å². The zero-order chi connectivity index (χ0) is 18.7. The van der Waals surface area contributed by atoms with Crippen LogP contribution in [0.4, 0.5) is 10.5 Å². The summed E-state index contributed by atoms with van der Waals surface area (Å²) in [5.74, 6) is 2.26. The Bertz CT molecular complexity index is 658. The summed E-state index contributed by atoms with van der Waals surface area (Å²) in [6.45, 7) is 6.30. The number of benzene rings is 1. The maximum absolute atomic E-state index is 12.2. The van der Waals surface area contributed by atoms with Crippen molar-refractivity contribution in [1.29, 1.82) is 0 Å². The van der Waals surface area contributed by atoms with E-state index in [-0.39, 0.29) is 23.9 Å². The quantitative estimate of drug-likeness (QED) is 0.722. The molecule has 3 amide bonds. The molecule has 5 heteroatoms. The van der Waals surface area contributed by atoms with Crippen molar-refractivity contribution in [3.63, 3.8) is 0 Å². The number of nitrogens with one attached hydrogen (secondary N) is 3. The van der Waals surface area contributed by atoms with Gasteiger partial charge in [0, 0.05) is 24.2 Å². The lowest BCUT2D eigenvalue weighted by molar-refractivity contribution is -0.118. The van der Waals surface area contributed by atoms with Crippen LogP contribution in [-0.2, 0) is 11.3 Å². The van der Waals surface area contributed by atoms with Crippen molar-refractivity contribution in [2.24, 2.45) is 23.7 Å². The van der Waals surface area contributed by atoms with E-state index in [4.69, 9.17) is 0 Å². The standard InChI is InChI=1S/C21H31N3O2/c1-13(2)20(25)24-18-6-4-5-16(10-18)12-22-21(26)23-14(3)19-11-15-7-8-17(19)9-15/h4-6,10,13-15,17,19H,7-9,11-12H2,1-3H3,(H,24,25)(H2,22,23,26)/t14-,15+,17+,19-/m1/s1. The van der Waals surface area contributed by atoms with Crippen LogP contribution in [0.1, 0.15) is 52.0 Å². The maximum Gasteiger partial charge on any atom is 0.315 e. The van der Waals surface area contributed by atoms with E-state index in [2.05, 4.69) is 22.9 Å². The molecule has 2 bridgehead atoms. The minimum Gasteiger partial charge on any atom is -0.335 e. The molecule has 0 radical (unpaired) electrons. The summed E-state index contributed by atoms with van der Waals surface area (Å²) in [5.41, 5.74) is 1.73. The molecule has 1 aromatic carbocycles. The Morgan fingerprint density at radius 2 is 1.96 bits per heavy atom. The average Bonchev–Trinajstić information content (AvgIpc) is 3.23. The van der Waals surface area contributed by atoms with Crippen molar-refractivity contribution in [1.82, 2.24) is 10.6 Å². The molecule has 4 atom stereocenters. The highest BCUT2D eigenvalue weighted by Crippen LogP contribution is 2.49. The summed E-state index contributed by atoms with van der Waals surface area (Å²) in [6.07, 6.45) is 5.33. The number of hydrogen-bond donors (Lipinski definition) is 3. The Labute approximate surface area is 156 Å². The van der Waals surface area contributed by atoms with Gasteiger partial charge >= 0.3 is 6.03 Å². The van der Waals surface area contributed by atoms with Crippen LogP contribution in [-0.4, -0.2) is 18.0 Å². The first kappa shape index (κ1) is 18.7. The summed E-state index contributed by atoms with van der Waals surface area (Å²) in [4.78, 5) is 24.0. The van der Waals surface area contributed by atoms with E-state index in [0.717, 1.165) is 23.1 Å². The highest BCUT2D eigenvalue weighted by molar-refractivity contribution is 5.92. The van der Waals surface area contributed by atoms with Crippen molar-refractivity contribution in [2.45, 2.75) is 59.0 Å². The van der Waals surface area contributed by atoms with Crippen LogP contribution in [0.3, 0.4) is 0 Å². The van der Waals surface area contributed by atoms with E-state index < -0.39 is 0 Å². The number of carbonyl (C=O) groups excluding carboxylic acids is 2. The summed E-state index contributed by atoms with van der Waals surface area (Å²) < 4.78 is 0. The molecule has 5 nitrogen and oxygen atoms in total. The summed E-state index contributed by atoms with van der Waals surface area (Å²) in [7, 11) is 0. The predicted molar refractivity (Wildman–Crippen MR) is 104 cm³/mol. The van der Waals surface area contributed by atoms with Crippen LogP contribution in [0.25, 0.3) is 0 Å². The lowest BCUT2D eigenvalue weighted by atomic mass is 9.84. The molecule has 0 unspecified atom stereocenters. The fraction of sp³-hybridized carbons (Fsp3) is 0.619. The molecule has 2 aliphatic carbocycles. The van der Waals surface area contributed by atoms with E-state index in [1.807, 2.05) is 38.1 Å². The summed E-state index contributed by atoms with van der Waals surface area (Å²) in [5, 5.41) is 8.94. The monoisotopic (exact) mass is 357 g/mol. The van der Waals surface area contributed by atoms with Gasteiger partial charge in [-0.2, -0.15) is 0 Å². The summed E-state index contributed by atoms with van der Waals surface area (Å²) in [6, 6.07) is 7.72. The van der Waals surface area contributed by atoms with Gasteiger partial charge in [0.05, 0.1) is 0 Å². The van der Waals surface area contributed by atoms with Crippen molar-refractivity contribution in [3.8, 4) is 0 Å². The molecule has 2 fully saturated rings. The second-order valence-electron chi connectivity index (χ2n) is 8.30. The predicted octanol–water partition coefficient (Wildman–Crippen LogP) is 3.91. The van der Waals surface area contributed by atoms with Gasteiger partial charge in [0.25, 0.3) is 0 Å². The number of hydrogen-bond acceptors (Lipinski definition) is 2. The van der Waals surface area contributed by atoms with Crippen LogP contribution in [0, 0.1) is 23.7 Å². The average molecular weight is 357 g/mol. The molecule has 2 aliphatic rings. The van der Waals surface area contributed by atoms with E-state index >= 15 is 0 Å².